The molecule has 1 heterocycles. The standard InChI is InChI=1S/C23H18N2O5/c26-21(24-25-23(28)20-11-6-16-29-20)14-13-18-9-4-5-10-19(18)30-22(27)15-12-17-7-2-1-3-8-17/h1-16H,(H,24,26)(H,25,28). The molecule has 0 radical (unpaired) electrons. The smallest absolute Gasteiger partial charge is 0.336 e. The molecule has 2 aromatic carbocycles. The van der Waals surface area contributed by atoms with Crippen LogP contribution >= 0.6 is 0 Å². The van der Waals surface area contributed by atoms with Gasteiger partial charge in [-0.2, -0.15) is 0 Å². The summed E-state index contributed by atoms with van der Waals surface area (Å²) in [5.41, 5.74) is 5.85. The molecule has 150 valence electrons. The lowest BCUT2D eigenvalue weighted by Gasteiger charge is -2.06. The van der Waals surface area contributed by atoms with Gasteiger partial charge in [-0.05, 0) is 35.9 Å². The fourth-order valence-corrected chi connectivity index (χ4v) is 2.38. The molecule has 30 heavy (non-hydrogen) atoms. The highest BCUT2D eigenvalue weighted by atomic mass is 16.5. The van der Waals surface area contributed by atoms with Crippen molar-refractivity contribution in [1.29, 1.82) is 0 Å². The Balaban J connectivity index is 1.57. The van der Waals surface area contributed by atoms with Crippen molar-refractivity contribution in [1.82, 2.24) is 10.9 Å². The number of ether oxygens (including phenoxy) is 1. The van der Waals surface area contributed by atoms with Crippen LogP contribution in [0, 0.1) is 0 Å². The van der Waals surface area contributed by atoms with Crippen molar-refractivity contribution in [2.24, 2.45) is 0 Å². The average Bonchev–Trinajstić information content (AvgIpc) is 3.31. The lowest BCUT2D eigenvalue weighted by Crippen LogP contribution is -2.40. The Morgan fingerprint density at radius 3 is 2.33 bits per heavy atom. The highest BCUT2D eigenvalue weighted by Gasteiger charge is 2.09. The predicted octanol–water partition coefficient (Wildman–Crippen LogP) is 3.37. The van der Waals surface area contributed by atoms with Crippen LogP contribution in [0.5, 0.6) is 5.75 Å². The van der Waals surface area contributed by atoms with Crippen LogP contribution < -0.4 is 15.6 Å². The second kappa shape index (κ2) is 10.2. The Morgan fingerprint density at radius 1 is 0.800 bits per heavy atom. The van der Waals surface area contributed by atoms with Crippen molar-refractivity contribution < 1.29 is 23.5 Å². The summed E-state index contributed by atoms with van der Waals surface area (Å²) in [7, 11) is 0. The van der Waals surface area contributed by atoms with Crippen LogP contribution in [0.1, 0.15) is 21.7 Å². The topological polar surface area (TPSA) is 97.6 Å². The van der Waals surface area contributed by atoms with Crippen LogP contribution in [0.2, 0.25) is 0 Å². The summed E-state index contributed by atoms with van der Waals surface area (Å²) >= 11 is 0. The van der Waals surface area contributed by atoms with Crippen molar-refractivity contribution in [2.45, 2.75) is 0 Å². The fraction of sp³-hybridized carbons (Fsp3) is 0. The van der Waals surface area contributed by atoms with E-state index in [2.05, 4.69) is 10.9 Å². The minimum absolute atomic E-state index is 0.0695. The molecule has 0 aliphatic carbocycles. The Labute approximate surface area is 172 Å². The van der Waals surface area contributed by atoms with Gasteiger partial charge in [0.1, 0.15) is 5.75 Å². The number of carbonyl (C=O) groups excluding carboxylic acids is 3. The first-order chi connectivity index (χ1) is 14.6. The molecule has 0 bridgehead atoms. The molecule has 0 aliphatic heterocycles. The van der Waals surface area contributed by atoms with E-state index < -0.39 is 17.8 Å². The van der Waals surface area contributed by atoms with Gasteiger partial charge in [0.15, 0.2) is 5.76 Å². The second-order valence-electron chi connectivity index (χ2n) is 5.96. The minimum atomic E-state index is -0.582. The van der Waals surface area contributed by atoms with E-state index in [0.717, 1.165) is 5.56 Å². The maximum atomic E-state index is 12.1. The number of amides is 2. The molecule has 0 fully saturated rings. The van der Waals surface area contributed by atoms with Gasteiger partial charge >= 0.3 is 11.9 Å². The molecule has 3 aromatic rings. The van der Waals surface area contributed by atoms with Gasteiger partial charge in [-0.3, -0.25) is 20.4 Å². The number of furan rings is 1. The summed E-state index contributed by atoms with van der Waals surface area (Å²) in [5, 5.41) is 0. The van der Waals surface area contributed by atoms with E-state index in [1.807, 2.05) is 30.3 Å². The molecule has 0 aliphatic rings. The number of esters is 1. The second-order valence-corrected chi connectivity index (χ2v) is 5.96. The van der Waals surface area contributed by atoms with Gasteiger partial charge in [0.05, 0.1) is 6.26 Å². The highest BCUT2D eigenvalue weighted by molar-refractivity contribution is 5.96. The van der Waals surface area contributed by atoms with Gasteiger partial charge < -0.3 is 9.15 Å². The van der Waals surface area contributed by atoms with Gasteiger partial charge in [-0.1, -0.05) is 48.5 Å². The van der Waals surface area contributed by atoms with Crippen molar-refractivity contribution in [2.75, 3.05) is 0 Å². The zero-order valence-corrected chi connectivity index (χ0v) is 15.8. The van der Waals surface area contributed by atoms with Gasteiger partial charge in [-0.25, -0.2) is 4.79 Å². The summed E-state index contributed by atoms with van der Waals surface area (Å²) < 4.78 is 10.3. The number of carbonyl (C=O) groups is 3. The summed E-state index contributed by atoms with van der Waals surface area (Å²) in [6.07, 6.45) is 7.00. The number of para-hydroxylation sites is 1. The molecule has 0 saturated heterocycles. The summed E-state index contributed by atoms with van der Waals surface area (Å²) in [6, 6.07) is 19.1. The van der Waals surface area contributed by atoms with E-state index in [4.69, 9.17) is 9.15 Å². The predicted molar refractivity (Wildman–Crippen MR) is 111 cm³/mol. The third kappa shape index (κ3) is 6.07. The van der Waals surface area contributed by atoms with Crippen molar-refractivity contribution in [3.63, 3.8) is 0 Å². The molecule has 2 amide bonds. The molecule has 0 unspecified atom stereocenters. The molecular weight excluding hydrogens is 384 g/mol. The van der Waals surface area contributed by atoms with E-state index in [1.54, 1.807) is 36.4 Å². The quantitative estimate of drug-likeness (QED) is 0.285. The first kappa shape index (κ1) is 20.3. The summed E-state index contributed by atoms with van der Waals surface area (Å²) in [6.45, 7) is 0. The van der Waals surface area contributed by atoms with E-state index in [9.17, 15) is 14.4 Å². The third-order valence-corrected chi connectivity index (χ3v) is 3.80. The van der Waals surface area contributed by atoms with Gasteiger partial charge in [0.2, 0.25) is 0 Å². The van der Waals surface area contributed by atoms with E-state index in [-0.39, 0.29) is 5.76 Å². The Bertz CT molecular complexity index is 1070. The molecular formula is C23H18N2O5. The Kier molecular flexibility index (Phi) is 6.94. The normalized spacial score (nSPS) is 10.8. The van der Waals surface area contributed by atoms with Crippen molar-refractivity contribution >= 4 is 29.9 Å². The molecule has 2 N–H and O–H groups in total. The third-order valence-electron chi connectivity index (χ3n) is 3.80. The van der Waals surface area contributed by atoms with Gasteiger partial charge in [-0.15, -0.1) is 0 Å². The maximum Gasteiger partial charge on any atom is 0.336 e. The first-order valence-electron chi connectivity index (χ1n) is 8.98. The number of hydrazine groups is 1. The summed E-state index contributed by atoms with van der Waals surface area (Å²) in [4.78, 5) is 35.7. The van der Waals surface area contributed by atoms with E-state index >= 15 is 0 Å². The highest BCUT2D eigenvalue weighted by Crippen LogP contribution is 2.20. The van der Waals surface area contributed by atoms with E-state index in [1.165, 1.54) is 30.6 Å². The summed E-state index contributed by atoms with van der Waals surface area (Å²) in [5.74, 6) is -1.33. The zero-order chi connectivity index (χ0) is 21.2. The molecule has 1 aromatic heterocycles. The number of nitrogens with one attached hydrogen (secondary N) is 2. The lowest BCUT2D eigenvalue weighted by molar-refractivity contribution is -0.128. The van der Waals surface area contributed by atoms with Crippen molar-refractivity contribution in [3.05, 3.63) is 102 Å². The van der Waals surface area contributed by atoms with Crippen molar-refractivity contribution in [3.8, 4) is 5.75 Å². The van der Waals surface area contributed by atoms with Crippen LogP contribution in [0.3, 0.4) is 0 Å². The Morgan fingerprint density at radius 2 is 1.57 bits per heavy atom. The van der Waals surface area contributed by atoms with Crippen LogP contribution in [0.4, 0.5) is 0 Å². The van der Waals surface area contributed by atoms with Crippen LogP contribution in [0.25, 0.3) is 12.2 Å². The number of hydrogen-bond acceptors (Lipinski definition) is 5. The molecule has 0 spiro atoms. The maximum absolute atomic E-state index is 12.1. The number of rotatable bonds is 6. The molecule has 3 rings (SSSR count). The largest absolute Gasteiger partial charge is 0.459 e. The number of hydrogen-bond donors (Lipinski definition) is 2. The monoisotopic (exact) mass is 402 g/mol. The van der Waals surface area contributed by atoms with E-state index in [0.29, 0.717) is 11.3 Å². The molecule has 0 saturated carbocycles. The number of benzene rings is 2. The zero-order valence-electron chi connectivity index (χ0n) is 15.8. The molecule has 7 heteroatoms. The molecule has 7 nitrogen and oxygen atoms in total. The van der Waals surface area contributed by atoms with Gasteiger partial charge in [0.25, 0.3) is 5.91 Å². The van der Waals surface area contributed by atoms with Crippen LogP contribution in [-0.4, -0.2) is 17.8 Å². The minimum Gasteiger partial charge on any atom is -0.459 e. The van der Waals surface area contributed by atoms with Crippen LogP contribution in [-0.2, 0) is 9.59 Å². The molecule has 0 atom stereocenters. The first-order valence-corrected chi connectivity index (χ1v) is 8.98. The average molecular weight is 402 g/mol. The fourth-order valence-electron chi connectivity index (χ4n) is 2.38. The SMILES string of the molecule is O=C(C=Cc1ccccc1OC(=O)C=Cc1ccccc1)NNC(=O)c1ccco1. The Hall–Kier alpha value is -4.39. The van der Waals surface area contributed by atoms with Crippen LogP contribution in [0.15, 0.2) is 89.6 Å². The van der Waals surface area contributed by atoms with Gasteiger partial charge in [0, 0.05) is 17.7 Å². The lowest BCUT2D eigenvalue weighted by atomic mass is 10.2.